The summed E-state index contributed by atoms with van der Waals surface area (Å²) in [4.78, 5) is 27.2. The third-order valence-corrected chi connectivity index (χ3v) is 6.67. The normalized spacial score (nSPS) is 28.7. The van der Waals surface area contributed by atoms with E-state index in [2.05, 4.69) is 0 Å². The van der Waals surface area contributed by atoms with Crippen LogP contribution in [0.3, 0.4) is 0 Å². The summed E-state index contributed by atoms with van der Waals surface area (Å²) in [5.74, 6) is -0.684. The van der Waals surface area contributed by atoms with Gasteiger partial charge in [-0.2, -0.15) is 0 Å². The molecule has 0 radical (unpaired) electrons. The summed E-state index contributed by atoms with van der Waals surface area (Å²) >= 11 is 0. The monoisotopic (exact) mass is 390 g/mol. The van der Waals surface area contributed by atoms with Crippen molar-refractivity contribution in [1.82, 2.24) is 4.90 Å². The number of carbonyl (C=O) groups excluding carboxylic acids is 2. The van der Waals surface area contributed by atoms with Crippen LogP contribution in [0.15, 0.2) is 60.7 Å². The lowest BCUT2D eigenvalue weighted by molar-refractivity contribution is -0.133. The quantitative estimate of drug-likeness (QED) is 0.617. The van der Waals surface area contributed by atoms with E-state index in [0.717, 1.165) is 24.0 Å². The number of benzene rings is 2. The number of rotatable bonds is 5. The van der Waals surface area contributed by atoms with Crippen LogP contribution in [0.25, 0.3) is 0 Å². The highest BCUT2D eigenvalue weighted by Gasteiger charge is 2.82. The second kappa shape index (κ2) is 6.17. The van der Waals surface area contributed by atoms with E-state index in [1.165, 1.54) is 7.11 Å². The Balaban J connectivity index is 1.64. The van der Waals surface area contributed by atoms with Gasteiger partial charge in [-0.25, -0.2) is 9.59 Å². The Kier molecular flexibility index (Phi) is 3.81. The van der Waals surface area contributed by atoms with Crippen molar-refractivity contribution in [2.75, 3.05) is 7.11 Å². The Morgan fingerprint density at radius 2 is 1.66 bits per heavy atom. The molecule has 6 nitrogen and oxygen atoms in total. The number of esters is 1. The van der Waals surface area contributed by atoms with Crippen LogP contribution in [-0.2, 0) is 14.3 Å². The zero-order chi connectivity index (χ0) is 20.2. The molecule has 3 fully saturated rings. The lowest BCUT2D eigenvalue weighted by Crippen LogP contribution is -2.50. The average molecular weight is 390 g/mol. The molecular weight excluding hydrogens is 368 g/mol. The Morgan fingerprint density at radius 1 is 1.07 bits per heavy atom. The van der Waals surface area contributed by atoms with Crippen molar-refractivity contribution in [1.29, 1.82) is 5.41 Å². The maximum absolute atomic E-state index is 13.2. The van der Waals surface area contributed by atoms with Gasteiger partial charge in [0.1, 0.15) is 17.3 Å². The van der Waals surface area contributed by atoms with Crippen LogP contribution in [0.1, 0.15) is 42.5 Å². The Bertz CT molecular complexity index is 986. The molecule has 3 aliphatic rings. The first kappa shape index (κ1) is 17.9. The SMILES string of the molecule is COC(=O)C(=N)[C@@]1(N2C(=O)O[C@@H](c3ccccc3)[C@H]2c2ccccc2)CC12CC2. The first-order valence-corrected chi connectivity index (χ1v) is 9.81. The molecule has 5 rings (SSSR count). The fourth-order valence-electron chi connectivity index (χ4n) is 5.01. The smallest absolute Gasteiger partial charge is 0.411 e. The minimum Gasteiger partial charge on any atom is -0.464 e. The van der Waals surface area contributed by atoms with Gasteiger partial charge in [0.25, 0.3) is 0 Å². The Morgan fingerprint density at radius 3 is 2.17 bits per heavy atom. The van der Waals surface area contributed by atoms with Gasteiger partial charge >= 0.3 is 12.1 Å². The van der Waals surface area contributed by atoms with E-state index in [1.807, 2.05) is 60.7 Å². The van der Waals surface area contributed by atoms with E-state index in [1.54, 1.807) is 4.90 Å². The summed E-state index contributed by atoms with van der Waals surface area (Å²) in [7, 11) is 1.27. The van der Waals surface area contributed by atoms with Crippen molar-refractivity contribution < 1.29 is 19.1 Å². The van der Waals surface area contributed by atoms with Gasteiger partial charge < -0.3 is 9.47 Å². The first-order chi connectivity index (χ1) is 14.0. The average Bonchev–Trinajstić information content (AvgIpc) is 3.65. The van der Waals surface area contributed by atoms with E-state index in [4.69, 9.17) is 14.9 Å². The van der Waals surface area contributed by atoms with Crippen LogP contribution < -0.4 is 0 Å². The van der Waals surface area contributed by atoms with Gasteiger partial charge in [0, 0.05) is 5.41 Å². The summed E-state index contributed by atoms with van der Waals surface area (Å²) in [5.41, 5.74) is 0.510. The fourth-order valence-corrected chi connectivity index (χ4v) is 5.01. The summed E-state index contributed by atoms with van der Waals surface area (Å²) in [6.45, 7) is 0. The summed E-state index contributed by atoms with van der Waals surface area (Å²) in [5, 5.41) is 8.61. The molecule has 2 aromatic rings. The van der Waals surface area contributed by atoms with Gasteiger partial charge in [-0.1, -0.05) is 60.7 Å². The highest BCUT2D eigenvalue weighted by atomic mass is 16.6. The summed E-state index contributed by atoms with van der Waals surface area (Å²) < 4.78 is 10.7. The highest BCUT2D eigenvalue weighted by molar-refractivity contribution is 6.40. The molecule has 1 amide bonds. The number of hydrogen-bond acceptors (Lipinski definition) is 5. The zero-order valence-electron chi connectivity index (χ0n) is 16.1. The minimum absolute atomic E-state index is 0.149. The van der Waals surface area contributed by atoms with Crippen molar-refractivity contribution in [2.45, 2.75) is 36.9 Å². The van der Waals surface area contributed by atoms with Crippen LogP contribution in [-0.4, -0.2) is 35.3 Å². The van der Waals surface area contributed by atoms with Gasteiger partial charge in [-0.15, -0.1) is 0 Å². The van der Waals surface area contributed by atoms with Crippen LogP contribution in [0.4, 0.5) is 4.79 Å². The third-order valence-electron chi connectivity index (χ3n) is 6.67. The predicted octanol–water partition coefficient (Wildman–Crippen LogP) is 4.04. The standard InChI is InChI=1S/C23H22N2O4/c1-28-20(26)19(24)23(14-22(23)12-13-22)25-17(15-8-4-2-5-9-15)18(29-21(25)27)16-10-6-3-7-11-16/h2-11,17-18,24H,12-14H2,1H3/t17-,18+,23+/m1/s1. The maximum atomic E-state index is 13.2. The lowest BCUT2D eigenvalue weighted by atomic mass is 9.92. The summed E-state index contributed by atoms with van der Waals surface area (Å²) in [6, 6.07) is 18.9. The maximum Gasteiger partial charge on any atom is 0.411 e. The molecule has 0 unspecified atom stereocenters. The molecule has 1 spiro atoms. The van der Waals surface area contributed by atoms with E-state index < -0.39 is 29.7 Å². The van der Waals surface area contributed by atoms with Gasteiger partial charge in [-0.05, 0) is 30.4 Å². The number of nitrogens with one attached hydrogen (secondary N) is 1. The van der Waals surface area contributed by atoms with E-state index in [9.17, 15) is 9.59 Å². The predicted molar refractivity (Wildman–Crippen MR) is 105 cm³/mol. The molecule has 2 saturated carbocycles. The van der Waals surface area contributed by atoms with Crippen LogP contribution in [0.2, 0.25) is 0 Å². The van der Waals surface area contributed by atoms with E-state index in [-0.39, 0.29) is 11.1 Å². The van der Waals surface area contributed by atoms with Crippen molar-refractivity contribution in [3.8, 4) is 0 Å². The number of cyclic esters (lactones) is 1. The Labute approximate surface area is 168 Å². The van der Waals surface area contributed by atoms with Gasteiger partial charge in [0.05, 0.1) is 7.11 Å². The third kappa shape index (κ3) is 2.44. The van der Waals surface area contributed by atoms with Crippen molar-refractivity contribution in [2.24, 2.45) is 5.41 Å². The molecular formula is C23H22N2O4. The number of carbonyl (C=O) groups is 2. The van der Waals surface area contributed by atoms with E-state index >= 15 is 0 Å². The van der Waals surface area contributed by atoms with Crippen LogP contribution in [0.5, 0.6) is 0 Å². The molecule has 0 bridgehead atoms. The molecule has 1 saturated heterocycles. The molecule has 6 heteroatoms. The lowest BCUT2D eigenvalue weighted by Gasteiger charge is -2.33. The number of amides is 1. The summed E-state index contributed by atoms with van der Waals surface area (Å²) in [6.07, 6.45) is 1.41. The molecule has 29 heavy (non-hydrogen) atoms. The van der Waals surface area contributed by atoms with E-state index in [0.29, 0.717) is 6.42 Å². The van der Waals surface area contributed by atoms with Gasteiger partial charge in [0.15, 0.2) is 6.10 Å². The molecule has 2 aliphatic carbocycles. The topological polar surface area (TPSA) is 79.7 Å². The zero-order valence-corrected chi connectivity index (χ0v) is 16.1. The molecule has 1 N–H and O–H groups in total. The van der Waals surface area contributed by atoms with Crippen LogP contribution in [0, 0.1) is 10.8 Å². The van der Waals surface area contributed by atoms with Gasteiger partial charge in [0.2, 0.25) is 0 Å². The van der Waals surface area contributed by atoms with Gasteiger partial charge in [-0.3, -0.25) is 10.3 Å². The largest absolute Gasteiger partial charge is 0.464 e. The number of ether oxygens (including phenoxy) is 2. The second-order valence-electron chi connectivity index (χ2n) is 8.12. The van der Waals surface area contributed by atoms with Crippen molar-refractivity contribution in [3.63, 3.8) is 0 Å². The molecule has 2 aromatic carbocycles. The first-order valence-electron chi connectivity index (χ1n) is 9.81. The van der Waals surface area contributed by atoms with Crippen molar-refractivity contribution >= 4 is 17.8 Å². The number of nitrogens with zero attached hydrogens (tertiary/aromatic N) is 1. The molecule has 148 valence electrons. The second-order valence-corrected chi connectivity index (χ2v) is 8.12. The van der Waals surface area contributed by atoms with Crippen molar-refractivity contribution in [3.05, 3.63) is 71.8 Å². The number of hydrogen-bond donors (Lipinski definition) is 1. The minimum atomic E-state index is -0.957. The van der Waals surface area contributed by atoms with Crippen LogP contribution >= 0.6 is 0 Å². The highest BCUT2D eigenvalue weighted by Crippen LogP contribution is 2.77. The number of methoxy groups -OCH3 is 1. The molecule has 0 aromatic heterocycles. The molecule has 1 heterocycles. The molecule has 3 atom stereocenters. The molecule has 1 aliphatic heterocycles. The Hall–Kier alpha value is -3.15. The fraction of sp³-hybridized carbons (Fsp3) is 0.348.